The Morgan fingerprint density at radius 1 is 0.417 bits per heavy atom. The summed E-state index contributed by atoms with van der Waals surface area (Å²) < 4.78 is 0. The number of fused-ring (bicyclic) bond motifs is 3. The van der Waals surface area contributed by atoms with Crippen molar-refractivity contribution in [3.05, 3.63) is 139 Å². The van der Waals surface area contributed by atoms with E-state index < -0.39 is 0 Å². The zero-order chi connectivity index (χ0) is 31.7. The van der Waals surface area contributed by atoms with E-state index in [9.17, 15) is 0 Å². The number of hydrogen-bond donors (Lipinski definition) is 0. The van der Waals surface area contributed by atoms with Crippen LogP contribution < -0.4 is 0 Å². The molecule has 11 rings (SSSR count). The van der Waals surface area contributed by atoms with Crippen LogP contribution >= 0.6 is 0 Å². The van der Waals surface area contributed by atoms with Crippen LogP contribution in [0.15, 0.2) is 133 Å². The Morgan fingerprint density at radius 3 is 1.60 bits per heavy atom. The standard InChI is InChI=1S/C45H37N3/c1-2-12-32(13-3-1)42-46-43(48-44(47-42)45-26-29-22-30(27-45)24-31(23-29)28-45)40-21-11-10-18-37(40)36-17-7-9-20-39(36)41-25-33-14-4-5-15-34(33)35-16-6-8-19-38(35)41/h1-21,25,29-31H,22-24,26-28H2. The van der Waals surface area contributed by atoms with Crippen LogP contribution in [0.2, 0.25) is 0 Å². The van der Waals surface area contributed by atoms with Crippen LogP contribution in [0.5, 0.6) is 0 Å². The fourth-order valence-electron chi connectivity index (χ4n) is 9.98. The molecule has 1 aromatic heterocycles. The van der Waals surface area contributed by atoms with Gasteiger partial charge in [0.25, 0.3) is 0 Å². The fraction of sp³-hybridized carbons (Fsp3) is 0.222. The smallest absolute Gasteiger partial charge is 0.164 e. The summed E-state index contributed by atoms with van der Waals surface area (Å²) in [5.41, 5.74) is 6.95. The zero-order valence-electron chi connectivity index (χ0n) is 27.0. The number of aromatic nitrogens is 3. The Hall–Kier alpha value is -5.15. The lowest BCUT2D eigenvalue weighted by Crippen LogP contribution is -2.49. The van der Waals surface area contributed by atoms with Gasteiger partial charge in [-0.2, -0.15) is 0 Å². The van der Waals surface area contributed by atoms with Gasteiger partial charge in [-0.3, -0.25) is 0 Å². The van der Waals surface area contributed by atoms with Crippen molar-refractivity contribution in [2.24, 2.45) is 17.8 Å². The number of hydrogen-bond acceptors (Lipinski definition) is 3. The number of benzene rings is 6. The SMILES string of the molecule is c1ccc(-c2nc(-c3ccccc3-c3ccccc3-c3cc4ccccc4c4ccccc34)nc(C34CC5CC(CC(C5)C3)C4)n2)cc1. The van der Waals surface area contributed by atoms with Crippen molar-refractivity contribution in [2.75, 3.05) is 0 Å². The van der Waals surface area contributed by atoms with Crippen molar-refractivity contribution in [1.29, 1.82) is 0 Å². The second-order valence-electron chi connectivity index (χ2n) is 14.7. The topological polar surface area (TPSA) is 38.7 Å². The molecular weight excluding hydrogens is 583 g/mol. The average Bonchev–Trinajstić information content (AvgIpc) is 3.14. The molecule has 7 aromatic rings. The van der Waals surface area contributed by atoms with Crippen LogP contribution in [0.4, 0.5) is 0 Å². The van der Waals surface area contributed by atoms with Crippen molar-refractivity contribution < 1.29 is 0 Å². The number of nitrogens with zero attached hydrogens (tertiary/aromatic N) is 3. The highest BCUT2D eigenvalue weighted by Crippen LogP contribution is 2.60. The lowest BCUT2D eigenvalue weighted by Gasteiger charge is -2.56. The van der Waals surface area contributed by atoms with Gasteiger partial charge >= 0.3 is 0 Å². The first-order valence-electron chi connectivity index (χ1n) is 17.6. The highest BCUT2D eigenvalue weighted by Gasteiger charge is 2.53. The van der Waals surface area contributed by atoms with Crippen LogP contribution in [0.1, 0.15) is 44.3 Å². The molecule has 4 bridgehead atoms. The minimum absolute atomic E-state index is 0.0623. The number of rotatable bonds is 5. The van der Waals surface area contributed by atoms with E-state index in [1.807, 2.05) is 0 Å². The first-order valence-corrected chi connectivity index (χ1v) is 17.6. The molecule has 1 heterocycles. The molecule has 0 atom stereocenters. The highest BCUT2D eigenvalue weighted by molar-refractivity contribution is 6.15. The van der Waals surface area contributed by atoms with Crippen molar-refractivity contribution in [3.63, 3.8) is 0 Å². The Balaban J connectivity index is 1.18. The third-order valence-electron chi connectivity index (χ3n) is 11.6. The molecule has 232 valence electrons. The van der Waals surface area contributed by atoms with E-state index >= 15 is 0 Å². The van der Waals surface area contributed by atoms with Gasteiger partial charge in [0.15, 0.2) is 11.6 Å². The summed E-state index contributed by atoms with van der Waals surface area (Å²) in [7, 11) is 0. The third-order valence-corrected chi connectivity index (χ3v) is 11.6. The summed E-state index contributed by atoms with van der Waals surface area (Å²) in [6.45, 7) is 0. The second-order valence-corrected chi connectivity index (χ2v) is 14.7. The molecule has 3 heteroatoms. The predicted molar refractivity (Wildman–Crippen MR) is 196 cm³/mol. The van der Waals surface area contributed by atoms with Crippen LogP contribution in [-0.4, -0.2) is 15.0 Å². The van der Waals surface area contributed by atoms with Crippen LogP contribution in [0, 0.1) is 17.8 Å². The molecule has 6 aromatic carbocycles. The average molecular weight is 620 g/mol. The minimum atomic E-state index is 0.0623. The second kappa shape index (κ2) is 11.0. The summed E-state index contributed by atoms with van der Waals surface area (Å²) >= 11 is 0. The molecule has 4 fully saturated rings. The highest BCUT2D eigenvalue weighted by atomic mass is 15.0. The van der Waals surface area contributed by atoms with Gasteiger partial charge in [-0.1, -0.05) is 127 Å². The van der Waals surface area contributed by atoms with Crippen molar-refractivity contribution in [3.8, 4) is 45.0 Å². The molecule has 0 spiro atoms. The van der Waals surface area contributed by atoms with E-state index in [0.717, 1.165) is 51.9 Å². The maximum Gasteiger partial charge on any atom is 0.164 e. The zero-order valence-corrected chi connectivity index (χ0v) is 27.0. The molecule has 0 N–H and O–H groups in total. The molecule has 0 aliphatic heterocycles. The summed E-state index contributed by atoms with van der Waals surface area (Å²) in [5, 5.41) is 5.07. The minimum Gasteiger partial charge on any atom is -0.212 e. The molecule has 3 nitrogen and oxygen atoms in total. The van der Waals surface area contributed by atoms with Crippen LogP contribution in [-0.2, 0) is 5.41 Å². The molecule has 0 saturated heterocycles. The largest absolute Gasteiger partial charge is 0.212 e. The van der Waals surface area contributed by atoms with E-state index in [-0.39, 0.29) is 5.41 Å². The summed E-state index contributed by atoms with van der Waals surface area (Å²) in [5.74, 6) is 5.03. The van der Waals surface area contributed by atoms with Gasteiger partial charge < -0.3 is 0 Å². The van der Waals surface area contributed by atoms with E-state index in [1.165, 1.54) is 76.8 Å². The Bertz CT molecular complexity index is 2300. The van der Waals surface area contributed by atoms with Gasteiger partial charge in [-0.25, -0.2) is 15.0 Å². The molecular formula is C45H37N3. The maximum absolute atomic E-state index is 5.48. The first-order chi connectivity index (χ1) is 23.7. The van der Waals surface area contributed by atoms with Gasteiger partial charge in [0.2, 0.25) is 0 Å². The summed E-state index contributed by atoms with van der Waals surface area (Å²) in [6, 6.07) is 48.0. The van der Waals surface area contributed by atoms with Crippen molar-refractivity contribution in [2.45, 2.75) is 43.9 Å². The van der Waals surface area contributed by atoms with Crippen molar-refractivity contribution in [1.82, 2.24) is 15.0 Å². The Morgan fingerprint density at radius 2 is 0.917 bits per heavy atom. The van der Waals surface area contributed by atoms with Gasteiger partial charge in [-0.05, 0) is 106 Å². The van der Waals surface area contributed by atoms with Gasteiger partial charge in [0.1, 0.15) is 5.82 Å². The fourth-order valence-corrected chi connectivity index (χ4v) is 9.98. The summed E-state index contributed by atoms with van der Waals surface area (Å²) in [4.78, 5) is 16.1. The Kier molecular flexibility index (Phi) is 6.37. The quantitative estimate of drug-likeness (QED) is 0.180. The molecule has 4 aliphatic rings. The van der Waals surface area contributed by atoms with Gasteiger partial charge in [-0.15, -0.1) is 0 Å². The molecule has 0 radical (unpaired) electrons. The molecule has 4 saturated carbocycles. The van der Waals surface area contributed by atoms with Crippen LogP contribution in [0.3, 0.4) is 0 Å². The third kappa shape index (κ3) is 4.52. The normalized spacial score (nSPS) is 22.8. The van der Waals surface area contributed by atoms with E-state index in [4.69, 9.17) is 15.0 Å². The molecule has 4 aliphatic carbocycles. The van der Waals surface area contributed by atoms with Gasteiger partial charge in [0, 0.05) is 16.5 Å². The molecule has 48 heavy (non-hydrogen) atoms. The van der Waals surface area contributed by atoms with E-state index in [0.29, 0.717) is 0 Å². The monoisotopic (exact) mass is 619 g/mol. The van der Waals surface area contributed by atoms with Crippen molar-refractivity contribution >= 4 is 21.5 Å². The summed E-state index contributed by atoms with van der Waals surface area (Å²) in [6.07, 6.45) is 7.84. The lowest BCUT2D eigenvalue weighted by molar-refractivity contribution is -0.00938. The first kappa shape index (κ1) is 27.9. The maximum atomic E-state index is 5.48. The van der Waals surface area contributed by atoms with Gasteiger partial charge in [0.05, 0.1) is 0 Å². The molecule has 0 amide bonds. The van der Waals surface area contributed by atoms with E-state index in [2.05, 4.69) is 133 Å². The Labute approximate surface area is 281 Å². The predicted octanol–water partition coefficient (Wildman–Crippen LogP) is 11.3. The van der Waals surface area contributed by atoms with E-state index in [1.54, 1.807) is 0 Å². The molecule has 0 unspecified atom stereocenters. The van der Waals surface area contributed by atoms with Crippen LogP contribution in [0.25, 0.3) is 66.6 Å². The lowest BCUT2D eigenvalue weighted by atomic mass is 9.49.